The van der Waals surface area contributed by atoms with Crippen LogP contribution in [0.1, 0.15) is 65.2 Å². The molecule has 1 heterocycles. The van der Waals surface area contributed by atoms with Crippen molar-refractivity contribution in [1.29, 1.82) is 0 Å². The lowest BCUT2D eigenvalue weighted by atomic mass is 9.70. The number of hydrogen-bond acceptors (Lipinski definition) is 3. The number of carbonyl (C=O) groups excluding carboxylic acids is 2. The molecule has 0 spiro atoms. The molecule has 2 aliphatic carbocycles. The molecule has 3 heteroatoms. The van der Waals surface area contributed by atoms with Gasteiger partial charge in [0.15, 0.2) is 0 Å². The van der Waals surface area contributed by atoms with Gasteiger partial charge >= 0.3 is 0 Å². The fourth-order valence-corrected chi connectivity index (χ4v) is 3.94. The zero-order valence-corrected chi connectivity index (χ0v) is 13.0. The predicted octanol–water partition coefficient (Wildman–Crippen LogP) is 3.88. The summed E-state index contributed by atoms with van der Waals surface area (Å²) in [5.41, 5.74) is 2.30. The first-order valence-electron chi connectivity index (χ1n) is 8.13. The Kier molecular flexibility index (Phi) is 3.76. The number of carbonyl (C=O) groups is 2. The molecule has 0 aromatic heterocycles. The molecule has 2 atom stereocenters. The van der Waals surface area contributed by atoms with Crippen LogP contribution in [0, 0.1) is 5.41 Å². The van der Waals surface area contributed by atoms with Gasteiger partial charge in [-0.05, 0) is 57.1 Å². The molecule has 1 aliphatic heterocycles. The average Bonchev–Trinajstić information content (AvgIpc) is 2.75. The zero-order valence-electron chi connectivity index (χ0n) is 13.0. The standard InChI is InChI=1S/C18H24O3/c1-12(19)4-3-5-13-6-7-14-15-8-9-17(20)18(15,2)11-10-16(14)21-13/h8,13H,3-7,9-11H2,1-2H3/t13?,18-/m0/s1. The maximum Gasteiger partial charge on any atom is 0.146 e. The highest BCUT2D eigenvalue weighted by atomic mass is 16.5. The normalized spacial score (nSPS) is 31.4. The van der Waals surface area contributed by atoms with Gasteiger partial charge in [-0.15, -0.1) is 0 Å². The van der Waals surface area contributed by atoms with Gasteiger partial charge in [0.1, 0.15) is 11.6 Å². The Hall–Kier alpha value is -1.38. The number of fused-ring (bicyclic) bond motifs is 2. The first kappa shape index (κ1) is 14.6. The van der Waals surface area contributed by atoms with E-state index in [0.717, 1.165) is 44.3 Å². The van der Waals surface area contributed by atoms with Crippen LogP contribution in [0.5, 0.6) is 0 Å². The second-order valence-electron chi connectivity index (χ2n) is 6.85. The van der Waals surface area contributed by atoms with Gasteiger partial charge in [0.2, 0.25) is 0 Å². The largest absolute Gasteiger partial charge is 0.494 e. The number of allylic oxidation sites excluding steroid dienone is 4. The van der Waals surface area contributed by atoms with Crippen molar-refractivity contribution in [3.8, 4) is 0 Å². The van der Waals surface area contributed by atoms with Crippen LogP contribution in [0.15, 0.2) is 23.0 Å². The van der Waals surface area contributed by atoms with Crippen LogP contribution in [0.4, 0.5) is 0 Å². The SMILES string of the molecule is CC(=O)CCCC1CCC2=C(CC[C@]3(C)C(=O)CC=C23)O1. The monoisotopic (exact) mass is 288 g/mol. The van der Waals surface area contributed by atoms with Gasteiger partial charge in [0.25, 0.3) is 0 Å². The van der Waals surface area contributed by atoms with Crippen molar-refractivity contribution < 1.29 is 14.3 Å². The van der Waals surface area contributed by atoms with Crippen molar-refractivity contribution in [1.82, 2.24) is 0 Å². The van der Waals surface area contributed by atoms with Gasteiger partial charge in [-0.25, -0.2) is 0 Å². The highest BCUT2D eigenvalue weighted by molar-refractivity contribution is 5.93. The minimum absolute atomic E-state index is 0.246. The number of ketones is 2. The number of Topliss-reactive ketones (excluding diaryl/α,β-unsaturated/α-hetero) is 2. The third-order valence-electron chi connectivity index (χ3n) is 5.30. The van der Waals surface area contributed by atoms with Crippen LogP contribution in [-0.2, 0) is 14.3 Å². The van der Waals surface area contributed by atoms with E-state index in [0.29, 0.717) is 18.6 Å². The third kappa shape index (κ3) is 2.58. The molecular formula is C18H24O3. The molecule has 0 aromatic rings. The minimum atomic E-state index is -0.246. The molecule has 1 unspecified atom stereocenters. The topological polar surface area (TPSA) is 43.4 Å². The first-order valence-corrected chi connectivity index (χ1v) is 8.13. The predicted molar refractivity (Wildman–Crippen MR) is 80.7 cm³/mol. The quantitative estimate of drug-likeness (QED) is 0.788. The summed E-state index contributed by atoms with van der Waals surface area (Å²) < 4.78 is 6.18. The summed E-state index contributed by atoms with van der Waals surface area (Å²) in [7, 11) is 0. The van der Waals surface area contributed by atoms with Crippen LogP contribution in [0.3, 0.4) is 0 Å². The molecule has 3 aliphatic rings. The Morgan fingerprint density at radius 1 is 1.43 bits per heavy atom. The molecule has 0 N–H and O–H groups in total. The van der Waals surface area contributed by atoms with Crippen LogP contribution in [-0.4, -0.2) is 17.7 Å². The molecule has 114 valence electrons. The summed E-state index contributed by atoms with van der Waals surface area (Å²) in [4.78, 5) is 23.1. The molecule has 0 fully saturated rings. The molecule has 0 saturated heterocycles. The maximum absolute atomic E-state index is 12.1. The Bertz CT molecular complexity index is 541. The molecule has 21 heavy (non-hydrogen) atoms. The van der Waals surface area contributed by atoms with E-state index < -0.39 is 0 Å². The Morgan fingerprint density at radius 3 is 3.00 bits per heavy atom. The molecule has 3 nitrogen and oxygen atoms in total. The van der Waals surface area contributed by atoms with Crippen molar-refractivity contribution in [3.05, 3.63) is 23.0 Å². The van der Waals surface area contributed by atoms with E-state index in [4.69, 9.17) is 4.74 Å². The van der Waals surface area contributed by atoms with E-state index in [-0.39, 0.29) is 17.3 Å². The van der Waals surface area contributed by atoms with Crippen molar-refractivity contribution >= 4 is 11.6 Å². The summed E-state index contributed by atoms with van der Waals surface area (Å²) in [5.74, 6) is 1.74. The number of ether oxygens (including phenoxy) is 1. The van der Waals surface area contributed by atoms with Gasteiger partial charge in [-0.2, -0.15) is 0 Å². The summed E-state index contributed by atoms with van der Waals surface area (Å²) >= 11 is 0. The minimum Gasteiger partial charge on any atom is -0.494 e. The Balaban J connectivity index is 1.68. The summed E-state index contributed by atoms with van der Waals surface area (Å²) in [6.07, 6.45) is 9.31. The second-order valence-corrected chi connectivity index (χ2v) is 6.85. The van der Waals surface area contributed by atoms with Crippen molar-refractivity contribution in [2.24, 2.45) is 5.41 Å². The Morgan fingerprint density at radius 2 is 2.24 bits per heavy atom. The molecule has 0 aromatic carbocycles. The lowest BCUT2D eigenvalue weighted by Gasteiger charge is -2.39. The van der Waals surface area contributed by atoms with Crippen LogP contribution < -0.4 is 0 Å². The van der Waals surface area contributed by atoms with E-state index in [1.807, 2.05) is 0 Å². The number of hydrogen-bond donors (Lipinski definition) is 0. The third-order valence-corrected chi connectivity index (χ3v) is 5.30. The van der Waals surface area contributed by atoms with Gasteiger partial charge < -0.3 is 9.53 Å². The van der Waals surface area contributed by atoms with Crippen LogP contribution in [0.25, 0.3) is 0 Å². The van der Waals surface area contributed by atoms with E-state index in [9.17, 15) is 9.59 Å². The highest BCUT2D eigenvalue weighted by Crippen LogP contribution is 2.51. The highest BCUT2D eigenvalue weighted by Gasteiger charge is 2.46. The molecule has 0 amide bonds. The van der Waals surface area contributed by atoms with Crippen molar-refractivity contribution in [2.45, 2.75) is 71.3 Å². The maximum atomic E-state index is 12.1. The Labute approximate surface area is 126 Å². The van der Waals surface area contributed by atoms with Gasteiger partial charge in [-0.1, -0.05) is 6.08 Å². The number of rotatable bonds is 4. The van der Waals surface area contributed by atoms with Crippen molar-refractivity contribution in [3.63, 3.8) is 0 Å². The van der Waals surface area contributed by atoms with Crippen LogP contribution >= 0.6 is 0 Å². The van der Waals surface area contributed by atoms with E-state index in [1.54, 1.807) is 6.92 Å². The molecule has 0 saturated carbocycles. The lowest BCUT2D eigenvalue weighted by molar-refractivity contribution is -0.124. The molecule has 0 radical (unpaired) electrons. The summed E-state index contributed by atoms with van der Waals surface area (Å²) in [6.45, 7) is 3.74. The second kappa shape index (κ2) is 5.43. The summed E-state index contributed by atoms with van der Waals surface area (Å²) in [6, 6.07) is 0. The van der Waals surface area contributed by atoms with E-state index >= 15 is 0 Å². The van der Waals surface area contributed by atoms with Gasteiger partial charge in [-0.3, -0.25) is 4.79 Å². The van der Waals surface area contributed by atoms with Gasteiger partial charge in [0, 0.05) is 19.3 Å². The van der Waals surface area contributed by atoms with Gasteiger partial charge in [0.05, 0.1) is 17.3 Å². The first-order chi connectivity index (χ1) is 10.0. The average molecular weight is 288 g/mol. The molecule has 0 bridgehead atoms. The van der Waals surface area contributed by atoms with Crippen molar-refractivity contribution in [2.75, 3.05) is 0 Å². The summed E-state index contributed by atoms with van der Waals surface area (Å²) in [5, 5.41) is 0. The molecule has 3 rings (SSSR count). The smallest absolute Gasteiger partial charge is 0.146 e. The fourth-order valence-electron chi connectivity index (χ4n) is 3.94. The van der Waals surface area contributed by atoms with E-state index in [1.165, 1.54) is 11.1 Å². The lowest BCUT2D eigenvalue weighted by Crippen LogP contribution is -2.33. The molecular weight excluding hydrogens is 264 g/mol. The van der Waals surface area contributed by atoms with Crippen LogP contribution in [0.2, 0.25) is 0 Å². The van der Waals surface area contributed by atoms with E-state index in [2.05, 4.69) is 13.0 Å². The fraction of sp³-hybridized carbons (Fsp3) is 0.667. The zero-order chi connectivity index (χ0) is 15.0.